The summed E-state index contributed by atoms with van der Waals surface area (Å²) in [4.78, 5) is 42.9. The topological polar surface area (TPSA) is 119 Å². The maximum absolute atomic E-state index is 12.4. The third kappa shape index (κ3) is 41.3. The molecule has 0 saturated carbocycles. The van der Waals surface area contributed by atoms with Crippen LogP contribution in [0.2, 0.25) is 0 Å². The van der Waals surface area contributed by atoms with E-state index in [1.165, 1.54) is 141 Å². The van der Waals surface area contributed by atoms with Crippen LogP contribution in [0.1, 0.15) is 219 Å². The van der Waals surface area contributed by atoms with Gasteiger partial charge in [-0.2, -0.15) is 0 Å². The molecule has 0 aromatic carbocycles. The van der Waals surface area contributed by atoms with Gasteiger partial charge in [0.05, 0.1) is 6.61 Å². The molecule has 0 heterocycles. The number of rotatable bonds is 40. The van der Waals surface area contributed by atoms with Gasteiger partial charge in [-0.3, -0.25) is 14.1 Å². The molecule has 0 aliphatic carbocycles. The molecular formula is C43H81O8P. The van der Waals surface area contributed by atoms with E-state index in [1.807, 2.05) is 0 Å². The first kappa shape index (κ1) is 50.5. The van der Waals surface area contributed by atoms with E-state index in [-0.39, 0.29) is 19.4 Å². The zero-order valence-electron chi connectivity index (χ0n) is 33.7. The molecule has 8 nitrogen and oxygen atoms in total. The lowest BCUT2D eigenvalue weighted by Gasteiger charge is -2.18. The molecule has 0 spiro atoms. The zero-order valence-corrected chi connectivity index (χ0v) is 34.6. The summed E-state index contributed by atoms with van der Waals surface area (Å²) >= 11 is 0. The molecule has 0 bridgehead atoms. The van der Waals surface area contributed by atoms with Crippen molar-refractivity contribution < 1.29 is 37.9 Å². The standard InChI is InChI=1S/C43H81O8P/c1-3-5-7-9-11-13-15-17-19-20-21-22-24-25-27-29-31-33-35-37-42(44)49-39-41(40-50-52(46,47)48)51-43(45)38-36-34-32-30-28-26-23-18-16-14-12-10-8-6-4-2/h14,16-17,19,41H,3-13,15,18,20-40H2,1-2H3,(H2,46,47,48)/b16-14+,19-17+/t41-/m1/s1. The minimum Gasteiger partial charge on any atom is -0.462 e. The second-order valence-corrected chi connectivity index (χ2v) is 15.9. The third-order valence-electron chi connectivity index (χ3n) is 9.44. The van der Waals surface area contributed by atoms with Crippen molar-refractivity contribution in [1.29, 1.82) is 0 Å². The van der Waals surface area contributed by atoms with Crippen molar-refractivity contribution in [2.24, 2.45) is 0 Å². The molecule has 52 heavy (non-hydrogen) atoms. The summed E-state index contributed by atoms with van der Waals surface area (Å²) in [5, 5.41) is 0. The summed E-state index contributed by atoms with van der Waals surface area (Å²) < 4.78 is 26.4. The number of hydrogen-bond acceptors (Lipinski definition) is 6. The van der Waals surface area contributed by atoms with Crippen LogP contribution < -0.4 is 0 Å². The van der Waals surface area contributed by atoms with E-state index in [4.69, 9.17) is 19.3 Å². The number of carbonyl (C=O) groups excluding carboxylic acids is 2. The van der Waals surface area contributed by atoms with Gasteiger partial charge in [0.25, 0.3) is 0 Å². The van der Waals surface area contributed by atoms with Crippen LogP contribution in [-0.2, 0) is 28.2 Å². The van der Waals surface area contributed by atoms with Crippen molar-refractivity contribution in [3.8, 4) is 0 Å². The second kappa shape index (κ2) is 39.2. The van der Waals surface area contributed by atoms with Gasteiger partial charge in [-0.1, -0.05) is 167 Å². The van der Waals surface area contributed by atoms with Gasteiger partial charge < -0.3 is 19.3 Å². The van der Waals surface area contributed by atoms with Gasteiger partial charge in [0, 0.05) is 12.8 Å². The molecule has 0 unspecified atom stereocenters. The van der Waals surface area contributed by atoms with Crippen LogP contribution in [0.15, 0.2) is 24.3 Å². The van der Waals surface area contributed by atoms with Crippen LogP contribution in [0.5, 0.6) is 0 Å². The Hall–Kier alpha value is -1.47. The second-order valence-electron chi connectivity index (χ2n) is 14.7. The first-order chi connectivity index (χ1) is 25.3. The lowest BCUT2D eigenvalue weighted by Crippen LogP contribution is -2.29. The third-order valence-corrected chi connectivity index (χ3v) is 9.93. The Labute approximate surface area is 319 Å². The molecule has 0 saturated heterocycles. The van der Waals surface area contributed by atoms with E-state index in [0.29, 0.717) is 6.42 Å². The van der Waals surface area contributed by atoms with Crippen molar-refractivity contribution >= 4 is 19.8 Å². The minimum absolute atomic E-state index is 0.208. The lowest BCUT2D eigenvalue weighted by molar-refractivity contribution is -0.161. The molecule has 0 aromatic heterocycles. The van der Waals surface area contributed by atoms with Crippen molar-refractivity contribution in [1.82, 2.24) is 0 Å². The van der Waals surface area contributed by atoms with E-state index in [9.17, 15) is 14.2 Å². The molecule has 0 radical (unpaired) electrons. The summed E-state index contributed by atoms with van der Waals surface area (Å²) in [7, 11) is -4.75. The number of ether oxygens (including phenoxy) is 2. The van der Waals surface area contributed by atoms with Gasteiger partial charge in [-0.15, -0.1) is 0 Å². The quantitative estimate of drug-likeness (QED) is 0.0274. The van der Waals surface area contributed by atoms with Gasteiger partial charge in [0.2, 0.25) is 0 Å². The number of carbonyl (C=O) groups is 2. The molecule has 0 amide bonds. The van der Waals surface area contributed by atoms with Gasteiger partial charge in [0.15, 0.2) is 6.10 Å². The largest absolute Gasteiger partial charge is 0.469 e. The maximum atomic E-state index is 12.4. The van der Waals surface area contributed by atoms with E-state index < -0.39 is 32.5 Å². The molecule has 9 heteroatoms. The highest BCUT2D eigenvalue weighted by molar-refractivity contribution is 7.46. The van der Waals surface area contributed by atoms with E-state index in [0.717, 1.165) is 44.9 Å². The number of unbranched alkanes of at least 4 members (excludes halogenated alkanes) is 26. The molecule has 0 fully saturated rings. The fourth-order valence-corrected chi connectivity index (χ4v) is 6.55. The lowest BCUT2D eigenvalue weighted by atomic mass is 10.1. The van der Waals surface area contributed by atoms with Crippen LogP contribution in [-0.4, -0.2) is 41.0 Å². The smallest absolute Gasteiger partial charge is 0.462 e. The van der Waals surface area contributed by atoms with Crippen LogP contribution in [0.25, 0.3) is 0 Å². The summed E-state index contributed by atoms with van der Waals surface area (Å²) in [5.74, 6) is -0.885. The highest BCUT2D eigenvalue weighted by Gasteiger charge is 2.22. The zero-order chi connectivity index (χ0) is 38.2. The average molecular weight is 757 g/mol. The Kier molecular flexibility index (Phi) is 38.1. The van der Waals surface area contributed by atoms with Crippen LogP contribution >= 0.6 is 7.82 Å². The molecule has 1 atom stereocenters. The summed E-state index contributed by atoms with van der Waals surface area (Å²) in [6, 6.07) is 0. The molecular weight excluding hydrogens is 675 g/mol. The fraction of sp³-hybridized carbons (Fsp3) is 0.860. The molecule has 306 valence electrons. The summed E-state index contributed by atoms with van der Waals surface area (Å²) in [6.07, 6.45) is 44.7. The maximum Gasteiger partial charge on any atom is 0.469 e. The molecule has 2 N–H and O–H groups in total. The molecule has 0 aliphatic heterocycles. The molecule has 0 aromatic rings. The Morgan fingerprint density at radius 1 is 0.481 bits per heavy atom. The van der Waals surface area contributed by atoms with Crippen molar-refractivity contribution in [2.75, 3.05) is 13.2 Å². The molecule has 0 rings (SSSR count). The van der Waals surface area contributed by atoms with Crippen LogP contribution in [0.4, 0.5) is 0 Å². The highest BCUT2D eigenvalue weighted by atomic mass is 31.2. The Morgan fingerprint density at radius 2 is 0.808 bits per heavy atom. The SMILES string of the molecule is CCCCCC/C=C/CCCCCCCCCC(=O)O[C@H](COC(=O)CCCCCCCCCCC/C=C/CCCCCCCC)COP(=O)(O)O. The fourth-order valence-electron chi connectivity index (χ4n) is 6.19. The monoisotopic (exact) mass is 757 g/mol. The van der Waals surface area contributed by atoms with Crippen molar-refractivity contribution in [3.05, 3.63) is 24.3 Å². The predicted octanol–water partition coefficient (Wildman–Crippen LogP) is 13.2. The molecule has 0 aliphatic rings. The highest BCUT2D eigenvalue weighted by Crippen LogP contribution is 2.36. The van der Waals surface area contributed by atoms with E-state index >= 15 is 0 Å². The first-order valence-electron chi connectivity index (χ1n) is 21.6. The Balaban J connectivity index is 3.88. The first-order valence-corrected chi connectivity index (χ1v) is 23.2. The minimum atomic E-state index is -4.75. The number of hydrogen-bond donors (Lipinski definition) is 2. The normalized spacial score (nSPS) is 12.6. The average Bonchev–Trinajstić information content (AvgIpc) is 3.11. The van der Waals surface area contributed by atoms with Crippen molar-refractivity contribution in [3.63, 3.8) is 0 Å². The summed E-state index contributed by atoms with van der Waals surface area (Å²) in [5.41, 5.74) is 0. The predicted molar refractivity (Wildman–Crippen MR) is 216 cm³/mol. The Bertz CT molecular complexity index is 900. The van der Waals surface area contributed by atoms with Gasteiger partial charge in [-0.25, -0.2) is 4.57 Å². The van der Waals surface area contributed by atoms with Crippen LogP contribution in [0, 0.1) is 0 Å². The number of phosphoric acid groups is 1. The number of phosphoric ester groups is 1. The van der Waals surface area contributed by atoms with E-state index in [2.05, 4.69) is 42.7 Å². The van der Waals surface area contributed by atoms with E-state index in [1.54, 1.807) is 0 Å². The van der Waals surface area contributed by atoms with Gasteiger partial charge in [0.1, 0.15) is 6.61 Å². The van der Waals surface area contributed by atoms with Crippen LogP contribution in [0.3, 0.4) is 0 Å². The van der Waals surface area contributed by atoms with Gasteiger partial charge >= 0.3 is 19.8 Å². The van der Waals surface area contributed by atoms with Gasteiger partial charge in [-0.05, 0) is 64.2 Å². The number of allylic oxidation sites excluding steroid dienone is 4. The summed E-state index contributed by atoms with van der Waals surface area (Å²) in [6.45, 7) is 3.68. The number of esters is 2. The Morgan fingerprint density at radius 3 is 1.19 bits per heavy atom. The van der Waals surface area contributed by atoms with Crippen molar-refractivity contribution in [2.45, 2.75) is 225 Å².